The van der Waals surface area contributed by atoms with Crippen LogP contribution in [0.25, 0.3) is 5.65 Å². The van der Waals surface area contributed by atoms with Crippen molar-refractivity contribution < 1.29 is 12.8 Å². The SMILES string of the molecule is CCc1nnc2ccc(N3CCN(S(=O)(=O)c4cccc(F)c4)CC3)nn12. The monoisotopic (exact) mass is 390 g/mol. The van der Waals surface area contributed by atoms with Gasteiger partial charge in [-0.3, -0.25) is 0 Å². The first-order valence-corrected chi connectivity index (χ1v) is 10.1. The Hall–Kier alpha value is -2.59. The molecule has 1 aliphatic rings. The number of rotatable bonds is 4. The van der Waals surface area contributed by atoms with Crippen LogP contribution in [-0.4, -0.2) is 58.7 Å². The molecule has 0 aliphatic carbocycles. The number of piperazine rings is 1. The van der Waals surface area contributed by atoms with Gasteiger partial charge in [0.25, 0.3) is 0 Å². The zero-order valence-corrected chi connectivity index (χ0v) is 15.6. The van der Waals surface area contributed by atoms with E-state index in [9.17, 15) is 12.8 Å². The van der Waals surface area contributed by atoms with E-state index in [0.29, 0.717) is 31.8 Å². The number of aromatic nitrogens is 4. The minimum absolute atomic E-state index is 0.0208. The van der Waals surface area contributed by atoms with Crippen molar-refractivity contribution in [1.29, 1.82) is 0 Å². The largest absolute Gasteiger partial charge is 0.353 e. The van der Waals surface area contributed by atoms with Gasteiger partial charge >= 0.3 is 0 Å². The van der Waals surface area contributed by atoms with E-state index in [-0.39, 0.29) is 4.90 Å². The van der Waals surface area contributed by atoms with Crippen molar-refractivity contribution in [2.75, 3.05) is 31.1 Å². The molecule has 1 saturated heterocycles. The molecule has 1 aliphatic heterocycles. The smallest absolute Gasteiger partial charge is 0.243 e. The van der Waals surface area contributed by atoms with Crippen LogP contribution in [0.5, 0.6) is 0 Å². The first-order valence-electron chi connectivity index (χ1n) is 8.71. The average Bonchev–Trinajstić information content (AvgIpc) is 3.10. The molecule has 8 nitrogen and oxygen atoms in total. The van der Waals surface area contributed by atoms with Gasteiger partial charge in [0.1, 0.15) is 11.6 Å². The van der Waals surface area contributed by atoms with Gasteiger partial charge in [-0.25, -0.2) is 12.8 Å². The van der Waals surface area contributed by atoms with E-state index in [1.165, 1.54) is 22.5 Å². The summed E-state index contributed by atoms with van der Waals surface area (Å²) in [5.41, 5.74) is 0.683. The number of aryl methyl sites for hydroxylation is 1. The highest BCUT2D eigenvalue weighted by atomic mass is 32.2. The van der Waals surface area contributed by atoms with Gasteiger partial charge in [0, 0.05) is 32.6 Å². The fourth-order valence-corrected chi connectivity index (χ4v) is 4.60. The van der Waals surface area contributed by atoms with Crippen molar-refractivity contribution >= 4 is 21.5 Å². The van der Waals surface area contributed by atoms with Crippen LogP contribution in [0.3, 0.4) is 0 Å². The highest BCUT2D eigenvalue weighted by molar-refractivity contribution is 7.89. The lowest BCUT2D eigenvalue weighted by Crippen LogP contribution is -2.49. The second-order valence-corrected chi connectivity index (χ2v) is 8.22. The molecule has 0 N–H and O–H groups in total. The Kier molecular flexibility index (Phi) is 4.52. The van der Waals surface area contributed by atoms with Crippen LogP contribution in [0.15, 0.2) is 41.3 Å². The number of hydrogen-bond donors (Lipinski definition) is 0. The standard InChI is InChI=1S/C17H19FN6O2S/c1-2-15-19-20-16-6-7-17(21-24(15)16)22-8-10-23(11-9-22)27(25,26)14-5-3-4-13(18)12-14/h3-7,12H,2,8-11H2,1H3. The molecule has 0 spiro atoms. The van der Waals surface area contributed by atoms with E-state index in [2.05, 4.69) is 15.3 Å². The number of fused-ring (bicyclic) bond motifs is 1. The summed E-state index contributed by atoms with van der Waals surface area (Å²) in [5, 5.41) is 12.8. The Labute approximate surface area is 156 Å². The van der Waals surface area contributed by atoms with E-state index in [4.69, 9.17) is 0 Å². The zero-order chi connectivity index (χ0) is 19.0. The third-order valence-corrected chi connectivity index (χ3v) is 6.52. The average molecular weight is 390 g/mol. The van der Waals surface area contributed by atoms with Gasteiger partial charge in [0.15, 0.2) is 11.5 Å². The third kappa shape index (κ3) is 3.26. The highest BCUT2D eigenvalue weighted by Crippen LogP contribution is 2.21. The fraction of sp³-hybridized carbons (Fsp3) is 0.353. The highest BCUT2D eigenvalue weighted by Gasteiger charge is 2.29. The molecule has 1 aromatic carbocycles. The van der Waals surface area contributed by atoms with Crippen LogP contribution >= 0.6 is 0 Å². The fourth-order valence-electron chi connectivity index (χ4n) is 3.15. The Morgan fingerprint density at radius 1 is 1.07 bits per heavy atom. The number of halogens is 1. The summed E-state index contributed by atoms with van der Waals surface area (Å²) in [4.78, 5) is 2.00. The second-order valence-electron chi connectivity index (χ2n) is 6.28. The first-order chi connectivity index (χ1) is 13.0. The van der Waals surface area contributed by atoms with Crippen molar-refractivity contribution in [3.8, 4) is 0 Å². The van der Waals surface area contributed by atoms with Crippen molar-refractivity contribution in [3.63, 3.8) is 0 Å². The molecule has 0 amide bonds. The molecule has 3 aromatic rings. The van der Waals surface area contributed by atoms with Crippen molar-refractivity contribution in [3.05, 3.63) is 48.0 Å². The molecule has 10 heteroatoms. The quantitative estimate of drug-likeness (QED) is 0.668. The summed E-state index contributed by atoms with van der Waals surface area (Å²) in [6.45, 7) is 3.59. The summed E-state index contributed by atoms with van der Waals surface area (Å²) < 4.78 is 41.9. The van der Waals surface area contributed by atoms with Gasteiger partial charge in [-0.1, -0.05) is 13.0 Å². The Bertz CT molecular complexity index is 1080. The van der Waals surface area contributed by atoms with Gasteiger partial charge < -0.3 is 4.90 Å². The van der Waals surface area contributed by atoms with Crippen LogP contribution in [0.4, 0.5) is 10.2 Å². The van der Waals surface area contributed by atoms with Crippen molar-refractivity contribution in [2.45, 2.75) is 18.2 Å². The van der Waals surface area contributed by atoms with Gasteiger partial charge in [0.2, 0.25) is 10.0 Å². The molecular weight excluding hydrogens is 371 g/mol. The maximum Gasteiger partial charge on any atom is 0.243 e. The summed E-state index contributed by atoms with van der Waals surface area (Å²) in [5.74, 6) is 0.965. The van der Waals surface area contributed by atoms with Crippen molar-refractivity contribution in [1.82, 2.24) is 24.1 Å². The summed E-state index contributed by atoms with van der Waals surface area (Å²) in [6.07, 6.45) is 0.720. The lowest BCUT2D eigenvalue weighted by atomic mass is 10.3. The van der Waals surface area contributed by atoms with Gasteiger partial charge in [-0.05, 0) is 30.3 Å². The van der Waals surface area contributed by atoms with Gasteiger partial charge in [0.05, 0.1) is 4.90 Å². The number of anilines is 1. The molecule has 3 heterocycles. The Morgan fingerprint density at radius 2 is 1.85 bits per heavy atom. The van der Waals surface area contributed by atoms with Gasteiger partial charge in [-0.15, -0.1) is 15.3 Å². The number of nitrogens with zero attached hydrogens (tertiary/aromatic N) is 6. The summed E-state index contributed by atoms with van der Waals surface area (Å²) >= 11 is 0. The summed E-state index contributed by atoms with van der Waals surface area (Å²) in [7, 11) is -3.71. The molecule has 142 valence electrons. The molecule has 27 heavy (non-hydrogen) atoms. The third-order valence-electron chi connectivity index (χ3n) is 4.63. The Morgan fingerprint density at radius 3 is 2.56 bits per heavy atom. The van der Waals surface area contributed by atoms with E-state index >= 15 is 0 Å². The van der Waals surface area contributed by atoms with Crippen LogP contribution in [0, 0.1) is 5.82 Å². The number of hydrogen-bond acceptors (Lipinski definition) is 6. The molecule has 0 unspecified atom stereocenters. The maximum absolute atomic E-state index is 13.4. The minimum Gasteiger partial charge on any atom is -0.353 e. The normalized spacial score (nSPS) is 16.1. The van der Waals surface area contributed by atoms with E-state index in [0.717, 1.165) is 24.1 Å². The molecule has 2 aromatic heterocycles. The number of benzene rings is 1. The van der Waals surface area contributed by atoms with Crippen LogP contribution in [-0.2, 0) is 16.4 Å². The maximum atomic E-state index is 13.4. The zero-order valence-electron chi connectivity index (χ0n) is 14.8. The van der Waals surface area contributed by atoms with Gasteiger partial charge in [-0.2, -0.15) is 8.82 Å². The predicted octanol–water partition coefficient (Wildman–Crippen LogP) is 1.34. The van der Waals surface area contributed by atoms with Crippen LogP contribution in [0.1, 0.15) is 12.7 Å². The molecule has 0 atom stereocenters. The summed E-state index contributed by atoms with van der Waals surface area (Å²) in [6, 6.07) is 8.81. The van der Waals surface area contributed by atoms with Crippen LogP contribution < -0.4 is 4.90 Å². The Balaban J connectivity index is 1.52. The molecular formula is C17H19FN6O2S. The van der Waals surface area contributed by atoms with E-state index in [1.807, 2.05) is 24.0 Å². The lowest BCUT2D eigenvalue weighted by Gasteiger charge is -2.34. The first kappa shape index (κ1) is 17.8. The lowest BCUT2D eigenvalue weighted by molar-refractivity contribution is 0.383. The van der Waals surface area contributed by atoms with E-state index < -0.39 is 15.8 Å². The molecule has 1 fully saturated rings. The molecule has 0 bridgehead atoms. The van der Waals surface area contributed by atoms with Crippen molar-refractivity contribution in [2.24, 2.45) is 0 Å². The topological polar surface area (TPSA) is 83.7 Å². The van der Waals surface area contributed by atoms with E-state index in [1.54, 1.807) is 4.52 Å². The molecule has 4 rings (SSSR count). The number of sulfonamides is 1. The predicted molar refractivity (Wildman–Crippen MR) is 97.5 cm³/mol. The minimum atomic E-state index is -3.71. The second kappa shape index (κ2) is 6.86. The molecule has 0 radical (unpaired) electrons. The van der Waals surface area contributed by atoms with Crippen LogP contribution in [0.2, 0.25) is 0 Å². The molecule has 0 saturated carbocycles.